The lowest BCUT2D eigenvalue weighted by atomic mass is 9.98. The molecule has 2 aromatic carbocycles. The van der Waals surface area contributed by atoms with Gasteiger partial charge >= 0.3 is 0 Å². The van der Waals surface area contributed by atoms with E-state index in [4.69, 9.17) is 5.73 Å². The van der Waals surface area contributed by atoms with Gasteiger partial charge in [0.15, 0.2) is 0 Å². The van der Waals surface area contributed by atoms with Crippen molar-refractivity contribution in [3.05, 3.63) is 53.6 Å². The van der Waals surface area contributed by atoms with Crippen LogP contribution in [0.1, 0.15) is 41.7 Å². The lowest BCUT2D eigenvalue weighted by molar-refractivity contribution is -0.135. The van der Waals surface area contributed by atoms with E-state index in [1.807, 2.05) is 36.2 Å². The summed E-state index contributed by atoms with van der Waals surface area (Å²) in [6.07, 6.45) is 1.54. The minimum Gasteiger partial charge on any atom is -0.338 e. The minimum absolute atomic E-state index is 0.0148. The molecular weight excluding hydrogens is 390 g/mol. The standard InChI is InChI=1S/C24H29N5O2/c1-16-20-15-19(7-8-21(20)27(2)26-16)17-3-5-18(6-4-17)22(30)28-11-13-29(14-12-28)23(31)24(25)9-10-24/h3-8,15-16,26H,9-14,25H2,1-2H3. The van der Waals surface area contributed by atoms with Gasteiger partial charge in [-0.3, -0.25) is 9.59 Å². The number of benzene rings is 2. The number of fused-ring (bicyclic) bond motifs is 1. The van der Waals surface area contributed by atoms with Crippen molar-refractivity contribution in [1.29, 1.82) is 0 Å². The fourth-order valence-electron chi connectivity index (χ4n) is 4.58. The van der Waals surface area contributed by atoms with Gasteiger partial charge in [0.1, 0.15) is 0 Å². The molecule has 7 heteroatoms. The average Bonchev–Trinajstić information content (AvgIpc) is 3.49. The van der Waals surface area contributed by atoms with Crippen LogP contribution in [-0.2, 0) is 4.79 Å². The molecule has 2 aliphatic heterocycles. The zero-order valence-electron chi connectivity index (χ0n) is 18.1. The fourth-order valence-corrected chi connectivity index (χ4v) is 4.58. The van der Waals surface area contributed by atoms with E-state index in [0.717, 1.165) is 24.0 Å². The summed E-state index contributed by atoms with van der Waals surface area (Å²) in [4.78, 5) is 29.0. The molecule has 0 spiro atoms. The predicted octanol–water partition coefficient (Wildman–Crippen LogP) is 2.14. The van der Waals surface area contributed by atoms with Gasteiger partial charge in [0, 0.05) is 38.8 Å². The third kappa shape index (κ3) is 3.58. The SMILES string of the molecule is CC1NN(C)c2ccc(-c3ccc(C(=O)N4CCN(C(=O)C5(N)CC5)CC4)cc3)cc21. The molecule has 3 N–H and O–H groups in total. The van der Waals surface area contributed by atoms with Gasteiger partial charge in [-0.05, 0) is 60.7 Å². The van der Waals surface area contributed by atoms with Crippen LogP contribution in [0.15, 0.2) is 42.5 Å². The maximum absolute atomic E-state index is 12.9. The Morgan fingerprint density at radius 3 is 2.23 bits per heavy atom. The van der Waals surface area contributed by atoms with Gasteiger partial charge in [-0.2, -0.15) is 0 Å². The summed E-state index contributed by atoms with van der Waals surface area (Å²) in [5.74, 6) is 0.0509. The molecule has 1 saturated heterocycles. The van der Waals surface area contributed by atoms with Crippen LogP contribution >= 0.6 is 0 Å². The molecule has 3 aliphatic rings. The maximum atomic E-state index is 12.9. The molecule has 1 unspecified atom stereocenters. The number of nitrogens with zero attached hydrogens (tertiary/aromatic N) is 3. The third-order valence-corrected chi connectivity index (χ3v) is 6.78. The van der Waals surface area contributed by atoms with Crippen molar-refractivity contribution >= 4 is 17.5 Å². The highest BCUT2D eigenvalue weighted by molar-refractivity contribution is 5.95. The number of amides is 2. The molecule has 2 heterocycles. The first-order chi connectivity index (χ1) is 14.9. The summed E-state index contributed by atoms with van der Waals surface area (Å²) in [6.45, 7) is 4.35. The van der Waals surface area contributed by atoms with Crippen molar-refractivity contribution in [2.24, 2.45) is 5.73 Å². The first kappa shape index (κ1) is 20.0. The molecule has 2 amide bonds. The molecule has 5 rings (SSSR count). The van der Waals surface area contributed by atoms with Crippen molar-refractivity contribution in [2.45, 2.75) is 31.3 Å². The van der Waals surface area contributed by atoms with E-state index in [0.29, 0.717) is 31.7 Å². The molecule has 0 bridgehead atoms. The first-order valence-corrected chi connectivity index (χ1v) is 11.0. The summed E-state index contributed by atoms with van der Waals surface area (Å²) < 4.78 is 0. The minimum atomic E-state index is -0.636. The second kappa shape index (κ2) is 7.35. The Labute approximate surface area is 182 Å². The number of nitrogens with one attached hydrogen (secondary N) is 1. The van der Waals surface area contributed by atoms with Gasteiger partial charge in [0.2, 0.25) is 5.91 Å². The van der Waals surface area contributed by atoms with Crippen molar-refractivity contribution in [1.82, 2.24) is 15.2 Å². The Morgan fingerprint density at radius 1 is 0.968 bits per heavy atom. The van der Waals surface area contributed by atoms with Crippen LogP contribution in [0.5, 0.6) is 0 Å². The van der Waals surface area contributed by atoms with E-state index in [1.165, 1.54) is 11.3 Å². The Bertz CT molecular complexity index is 1020. The van der Waals surface area contributed by atoms with E-state index in [9.17, 15) is 9.59 Å². The van der Waals surface area contributed by atoms with Crippen LogP contribution in [-0.4, -0.2) is 60.4 Å². The number of anilines is 1. The smallest absolute Gasteiger partial charge is 0.253 e. The summed E-state index contributed by atoms with van der Waals surface area (Å²) in [7, 11) is 2.03. The van der Waals surface area contributed by atoms with Crippen molar-refractivity contribution in [2.75, 3.05) is 38.2 Å². The average molecular weight is 420 g/mol. The van der Waals surface area contributed by atoms with Crippen LogP contribution < -0.4 is 16.2 Å². The number of hydrazine groups is 1. The second-order valence-electron chi connectivity index (χ2n) is 9.00. The quantitative estimate of drug-likeness (QED) is 0.797. The largest absolute Gasteiger partial charge is 0.338 e. The molecule has 162 valence electrons. The highest BCUT2D eigenvalue weighted by Gasteiger charge is 2.48. The normalized spacial score (nSPS) is 21.8. The molecule has 7 nitrogen and oxygen atoms in total. The van der Waals surface area contributed by atoms with E-state index < -0.39 is 5.54 Å². The molecule has 2 aromatic rings. The topological polar surface area (TPSA) is 81.9 Å². The van der Waals surface area contributed by atoms with Crippen LogP contribution in [0.25, 0.3) is 11.1 Å². The Morgan fingerprint density at radius 2 is 1.58 bits per heavy atom. The molecule has 2 fully saturated rings. The lowest BCUT2D eigenvalue weighted by Crippen LogP contribution is -2.55. The van der Waals surface area contributed by atoms with Gasteiger partial charge < -0.3 is 20.5 Å². The fraction of sp³-hybridized carbons (Fsp3) is 0.417. The van der Waals surface area contributed by atoms with E-state index >= 15 is 0 Å². The Kier molecular flexibility index (Phi) is 4.75. The molecule has 0 aromatic heterocycles. The number of nitrogens with two attached hydrogens (primary N) is 1. The lowest BCUT2D eigenvalue weighted by Gasteiger charge is -2.36. The van der Waals surface area contributed by atoms with Gasteiger partial charge in [-0.25, -0.2) is 5.43 Å². The predicted molar refractivity (Wildman–Crippen MR) is 120 cm³/mol. The van der Waals surface area contributed by atoms with Crippen molar-refractivity contribution in [3.8, 4) is 11.1 Å². The summed E-state index contributed by atoms with van der Waals surface area (Å²) in [5.41, 5.74) is 14.2. The summed E-state index contributed by atoms with van der Waals surface area (Å²) in [5, 5.41) is 2.05. The van der Waals surface area contributed by atoms with Crippen LogP contribution in [0.3, 0.4) is 0 Å². The first-order valence-electron chi connectivity index (χ1n) is 11.0. The van der Waals surface area contributed by atoms with E-state index in [1.54, 1.807) is 4.90 Å². The monoisotopic (exact) mass is 419 g/mol. The molecule has 31 heavy (non-hydrogen) atoms. The molecular formula is C24H29N5O2. The van der Waals surface area contributed by atoms with Gasteiger partial charge in [-0.1, -0.05) is 18.2 Å². The molecule has 1 saturated carbocycles. The molecule has 1 aliphatic carbocycles. The highest BCUT2D eigenvalue weighted by atomic mass is 16.2. The van der Waals surface area contributed by atoms with Crippen LogP contribution in [0.4, 0.5) is 5.69 Å². The maximum Gasteiger partial charge on any atom is 0.253 e. The van der Waals surface area contributed by atoms with E-state index in [2.05, 4.69) is 35.6 Å². The number of rotatable bonds is 3. The zero-order chi connectivity index (χ0) is 21.8. The Hall–Kier alpha value is -2.90. The highest BCUT2D eigenvalue weighted by Crippen LogP contribution is 2.35. The van der Waals surface area contributed by atoms with Gasteiger partial charge in [-0.15, -0.1) is 0 Å². The summed E-state index contributed by atoms with van der Waals surface area (Å²) in [6, 6.07) is 14.6. The summed E-state index contributed by atoms with van der Waals surface area (Å²) >= 11 is 0. The van der Waals surface area contributed by atoms with Crippen molar-refractivity contribution in [3.63, 3.8) is 0 Å². The Balaban J connectivity index is 1.25. The van der Waals surface area contributed by atoms with Crippen LogP contribution in [0, 0.1) is 0 Å². The van der Waals surface area contributed by atoms with E-state index in [-0.39, 0.29) is 17.9 Å². The second-order valence-corrected chi connectivity index (χ2v) is 9.00. The van der Waals surface area contributed by atoms with Crippen molar-refractivity contribution < 1.29 is 9.59 Å². The van der Waals surface area contributed by atoms with Crippen LogP contribution in [0.2, 0.25) is 0 Å². The van der Waals surface area contributed by atoms with Gasteiger partial charge in [0.05, 0.1) is 17.3 Å². The number of hydrogen-bond acceptors (Lipinski definition) is 5. The molecule has 0 radical (unpaired) electrons. The number of piperazine rings is 1. The molecule has 1 atom stereocenters. The third-order valence-electron chi connectivity index (χ3n) is 6.78. The number of carbonyl (C=O) groups is 2. The zero-order valence-corrected chi connectivity index (χ0v) is 18.1. The number of hydrogen-bond donors (Lipinski definition) is 2. The number of carbonyl (C=O) groups excluding carboxylic acids is 2. The van der Waals surface area contributed by atoms with Gasteiger partial charge in [0.25, 0.3) is 5.91 Å².